The van der Waals surface area contributed by atoms with E-state index in [4.69, 9.17) is 10.5 Å². The van der Waals surface area contributed by atoms with Crippen LogP contribution >= 0.6 is 24.8 Å². The van der Waals surface area contributed by atoms with E-state index in [-0.39, 0.29) is 61.0 Å². The number of amides is 2. The van der Waals surface area contributed by atoms with E-state index in [1.807, 2.05) is 0 Å². The molecule has 2 unspecified atom stereocenters. The van der Waals surface area contributed by atoms with Crippen LogP contribution in [0.15, 0.2) is 23.0 Å². The van der Waals surface area contributed by atoms with E-state index in [2.05, 4.69) is 10.6 Å². The van der Waals surface area contributed by atoms with E-state index in [0.717, 1.165) is 0 Å². The number of anilines is 2. The Morgan fingerprint density at radius 2 is 1.78 bits per heavy atom. The minimum Gasteiger partial charge on any atom is -0.508 e. The third kappa shape index (κ3) is 6.35. The molecule has 1 aromatic rings. The van der Waals surface area contributed by atoms with Gasteiger partial charge in [-0.25, -0.2) is 0 Å². The van der Waals surface area contributed by atoms with Gasteiger partial charge in [0.2, 0.25) is 11.7 Å². The maximum absolute atomic E-state index is 14.1. The molecule has 0 radical (unpaired) electrons. The monoisotopic (exact) mass is 673 g/mol. The van der Waals surface area contributed by atoms with Crippen LogP contribution in [-0.2, 0) is 30.3 Å². The first kappa shape index (κ1) is 37.8. The fourth-order valence-corrected chi connectivity index (χ4v) is 6.52. The summed E-state index contributed by atoms with van der Waals surface area (Å²) >= 11 is 0. The smallest absolute Gasteiger partial charge is 0.255 e. The number of ether oxygens (including phenoxy) is 1. The van der Waals surface area contributed by atoms with Crippen molar-refractivity contribution in [2.75, 3.05) is 65.2 Å². The van der Waals surface area contributed by atoms with Gasteiger partial charge in [0.05, 0.1) is 23.8 Å². The number of aromatic hydroxyl groups is 1. The number of likely N-dealkylation sites (N-methyl/N-ethyl adjacent to an activating group) is 1. The Hall–Kier alpha value is -3.40. The predicted octanol–water partition coefficient (Wildman–Crippen LogP) is 0.438. The second kappa shape index (κ2) is 14.4. The lowest BCUT2D eigenvalue weighted by Gasteiger charge is -2.50. The molecule has 4 rings (SSSR count). The van der Waals surface area contributed by atoms with E-state index in [0.29, 0.717) is 30.8 Å². The summed E-state index contributed by atoms with van der Waals surface area (Å²) in [4.78, 5) is 55.3. The minimum atomic E-state index is -2.73. The highest BCUT2D eigenvalue weighted by molar-refractivity contribution is 6.24. The second-order valence-corrected chi connectivity index (χ2v) is 11.6. The Balaban J connectivity index is 0.00000353. The summed E-state index contributed by atoms with van der Waals surface area (Å²) in [5.74, 6) is -7.83. The van der Waals surface area contributed by atoms with Crippen molar-refractivity contribution in [1.82, 2.24) is 10.2 Å². The number of nitrogens with two attached hydrogens (primary N) is 1. The molecule has 0 aromatic heterocycles. The number of benzene rings is 1. The predicted molar refractivity (Wildman–Crippen MR) is 171 cm³/mol. The largest absolute Gasteiger partial charge is 0.508 e. The van der Waals surface area contributed by atoms with Crippen LogP contribution in [-0.4, -0.2) is 115 Å². The molecule has 0 saturated heterocycles. The first-order valence-corrected chi connectivity index (χ1v) is 13.9. The van der Waals surface area contributed by atoms with Gasteiger partial charge >= 0.3 is 0 Å². The Bertz CT molecular complexity index is 1450. The Morgan fingerprint density at radius 1 is 1.13 bits per heavy atom. The van der Waals surface area contributed by atoms with Crippen molar-refractivity contribution in [3.8, 4) is 5.75 Å². The Labute approximate surface area is 273 Å². The topological polar surface area (TPSA) is 215 Å². The van der Waals surface area contributed by atoms with Crippen molar-refractivity contribution in [2.24, 2.45) is 17.6 Å². The van der Waals surface area contributed by atoms with Gasteiger partial charge in [-0.3, -0.25) is 24.1 Å². The number of methoxy groups -OCH3 is 1. The molecule has 3 aliphatic carbocycles. The van der Waals surface area contributed by atoms with Crippen LogP contribution < -0.4 is 21.3 Å². The standard InChI is InChI=1S/C29H39N5O9.2ClH/c1-33(2)17-11-16(32-18(35)12-31-7-6-8-43-5)23(36)20-14(17)9-13-10-15-22(34(3)4)25(38)21(28(30)41)27(40)29(15,42)26(39)19(13)24(20)37;;/h11,13,15,22,31,36-37,40,42H,6-10,12H2,1-5H3,(H2,30,41)(H,32,35);2*1H/t13?,15?,22-,29-;;/m0../s1. The molecule has 45 heavy (non-hydrogen) atoms. The number of aliphatic hydroxyl groups excluding tert-OH is 2. The highest BCUT2D eigenvalue weighted by Gasteiger charge is 2.64. The van der Waals surface area contributed by atoms with Crippen molar-refractivity contribution < 1.29 is 44.3 Å². The van der Waals surface area contributed by atoms with Gasteiger partial charge in [-0.1, -0.05) is 0 Å². The van der Waals surface area contributed by atoms with Gasteiger partial charge in [0.15, 0.2) is 11.4 Å². The summed E-state index contributed by atoms with van der Waals surface area (Å²) in [6.07, 6.45) is 0.801. The summed E-state index contributed by atoms with van der Waals surface area (Å²) in [5, 5.41) is 51.2. The molecule has 3 aliphatic rings. The number of Topliss-reactive ketones (excluding diaryl/α,β-unsaturated/α-hetero) is 2. The number of fused-ring (bicyclic) bond motifs is 3. The van der Waals surface area contributed by atoms with Gasteiger partial charge in [0.25, 0.3) is 5.91 Å². The van der Waals surface area contributed by atoms with Crippen molar-refractivity contribution in [3.63, 3.8) is 0 Å². The number of aliphatic hydroxyl groups is 3. The van der Waals surface area contributed by atoms with Gasteiger partial charge in [-0.05, 0) is 57.5 Å². The molecule has 1 fully saturated rings. The number of hydrogen-bond donors (Lipinski definition) is 7. The van der Waals surface area contributed by atoms with Gasteiger partial charge in [0.1, 0.15) is 22.8 Å². The van der Waals surface area contributed by atoms with Crippen LogP contribution in [0.3, 0.4) is 0 Å². The highest BCUT2D eigenvalue weighted by Crippen LogP contribution is 2.54. The number of primary amides is 1. The number of phenols is 1. The minimum absolute atomic E-state index is 0. The number of carbonyl (C=O) groups is 4. The molecule has 4 atom stereocenters. The number of hydrogen-bond acceptors (Lipinski definition) is 12. The van der Waals surface area contributed by atoms with Crippen LogP contribution in [0.5, 0.6) is 5.75 Å². The average Bonchev–Trinajstić information content (AvgIpc) is 2.91. The van der Waals surface area contributed by atoms with Gasteiger partial charge in [-0.2, -0.15) is 0 Å². The zero-order chi connectivity index (χ0) is 32.0. The molecule has 0 aliphatic heterocycles. The van der Waals surface area contributed by atoms with Crippen LogP contribution in [0.2, 0.25) is 0 Å². The lowest BCUT2D eigenvalue weighted by molar-refractivity contribution is -0.153. The number of phenolic OH excluding ortho intramolecular Hbond substituents is 1. The van der Waals surface area contributed by atoms with Crippen molar-refractivity contribution in [2.45, 2.75) is 30.9 Å². The summed E-state index contributed by atoms with van der Waals surface area (Å²) < 4.78 is 4.98. The zero-order valence-electron chi connectivity index (χ0n) is 25.7. The van der Waals surface area contributed by atoms with E-state index >= 15 is 0 Å². The molecule has 8 N–H and O–H groups in total. The van der Waals surface area contributed by atoms with Crippen molar-refractivity contribution in [1.29, 1.82) is 0 Å². The number of nitrogens with one attached hydrogen (secondary N) is 2. The molecule has 14 nitrogen and oxygen atoms in total. The molecule has 2 amide bonds. The van der Waals surface area contributed by atoms with Gasteiger partial charge in [-0.15, -0.1) is 24.8 Å². The van der Waals surface area contributed by atoms with E-state index in [1.165, 1.54) is 4.90 Å². The maximum atomic E-state index is 14.1. The molecule has 250 valence electrons. The van der Waals surface area contributed by atoms with E-state index in [9.17, 15) is 39.6 Å². The lowest BCUT2D eigenvalue weighted by Crippen LogP contribution is -2.65. The van der Waals surface area contributed by atoms with E-state index in [1.54, 1.807) is 46.3 Å². The lowest BCUT2D eigenvalue weighted by atomic mass is 9.57. The van der Waals surface area contributed by atoms with E-state index < -0.39 is 69.7 Å². The van der Waals surface area contributed by atoms with Crippen LogP contribution in [0, 0.1) is 11.8 Å². The Morgan fingerprint density at radius 3 is 2.33 bits per heavy atom. The molecular formula is C29H41Cl2N5O9. The fraction of sp³-hybridized carbons (Fsp3) is 0.517. The number of nitrogens with zero attached hydrogens (tertiary/aromatic N) is 2. The maximum Gasteiger partial charge on any atom is 0.255 e. The average molecular weight is 675 g/mol. The molecule has 1 saturated carbocycles. The van der Waals surface area contributed by atoms with Gasteiger partial charge < -0.3 is 46.4 Å². The normalized spacial score (nSPS) is 23.8. The molecule has 0 heterocycles. The molecule has 0 bridgehead atoms. The summed E-state index contributed by atoms with van der Waals surface area (Å²) in [6.45, 7) is 0.998. The molecule has 0 spiro atoms. The number of carbonyl (C=O) groups excluding carboxylic acids is 4. The molecule has 1 aromatic carbocycles. The van der Waals surface area contributed by atoms with Crippen LogP contribution in [0.1, 0.15) is 24.0 Å². The molecular weight excluding hydrogens is 633 g/mol. The quantitative estimate of drug-likeness (QED) is 0.102. The van der Waals surface area contributed by atoms with Gasteiger partial charge in [0, 0.05) is 45.0 Å². The fourth-order valence-electron chi connectivity index (χ4n) is 6.52. The van der Waals surface area contributed by atoms with Crippen LogP contribution in [0.4, 0.5) is 11.4 Å². The summed E-state index contributed by atoms with van der Waals surface area (Å²) in [7, 11) is 8.15. The third-order valence-electron chi connectivity index (χ3n) is 8.44. The summed E-state index contributed by atoms with van der Waals surface area (Å²) in [6, 6.07) is 0.399. The second-order valence-electron chi connectivity index (χ2n) is 11.6. The van der Waals surface area contributed by atoms with Crippen molar-refractivity contribution >= 4 is 65.3 Å². The van der Waals surface area contributed by atoms with Crippen molar-refractivity contribution in [3.05, 3.63) is 34.1 Å². The number of rotatable bonds is 10. The third-order valence-corrected chi connectivity index (χ3v) is 8.44. The summed E-state index contributed by atoms with van der Waals surface area (Å²) in [5.41, 5.74) is 2.42. The SMILES string of the molecule is COCCCNCC(=O)Nc1cc(N(C)C)c2c(c1O)C(O)=C1C(=O)[C@]3(O)C(O)=C(C(N)=O)C(=O)[C@@H](N(C)C)C3CC1C2.Cl.Cl. The molecule has 16 heteroatoms. The number of ketones is 2. The van der Waals surface area contributed by atoms with Crippen LogP contribution in [0.25, 0.3) is 5.76 Å². The zero-order valence-corrected chi connectivity index (χ0v) is 27.3. The Kier molecular flexibility index (Phi) is 12.1. The number of halogens is 2. The highest BCUT2D eigenvalue weighted by atomic mass is 35.5. The first-order valence-electron chi connectivity index (χ1n) is 13.9. The first-order chi connectivity index (χ1) is 20.2.